The number of rotatable bonds is 6. The average molecular weight is 363 g/mol. The maximum absolute atomic E-state index is 12.2. The van der Waals surface area contributed by atoms with Crippen LogP contribution in [0.3, 0.4) is 0 Å². The van der Waals surface area contributed by atoms with Crippen molar-refractivity contribution in [3.8, 4) is 6.07 Å². The Morgan fingerprint density at radius 1 is 1.04 bits per heavy atom. The first kappa shape index (κ1) is 19.4. The van der Waals surface area contributed by atoms with Crippen LogP contribution in [0.15, 0.2) is 60.3 Å². The first-order valence-electron chi connectivity index (χ1n) is 7.92. The number of nitrogens with one attached hydrogen (secondary N) is 2. The maximum atomic E-state index is 12.2. The molecule has 0 unspecified atom stereocenters. The van der Waals surface area contributed by atoms with Gasteiger partial charge in [-0.05, 0) is 43.3 Å². The van der Waals surface area contributed by atoms with Gasteiger partial charge in [0.25, 0.3) is 5.91 Å². The summed E-state index contributed by atoms with van der Waals surface area (Å²) in [6, 6.07) is 14.6. The zero-order chi connectivity index (χ0) is 19.8. The highest BCUT2D eigenvalue weighted by Gasteiger charge is 2.10. The number of carbonyl (C=O) groups is 3. The van der Waals surface area contributed by atoms with Gasteiger partial charge in [-0.1, -0.05) is 12.1 Å². The van der Waals surface area contributed by atoms with Crippen LogP contribution < -0.4 is 10.6 Å². The van der Waals surface area contributed by atoms with Gasteiger partial charge in [0, 0.05) is 23.1 Å². The minimum Gasteiger partial charge on any atom is -0.465 e. The van der Waals surface area contributed by atoms with Crippen molar-refractivity contribution in [2.24, 2.45) is 0 Å². The first-order chi connectivity index (χ1) is 12.9. The lowest BCUT2D eigenvalue weighted by Crippen LogP contribution is -2.14. The number of anilines is 2. The third-order valence-corrected chi connectivity index (χ3v) is 3.58. The van der Waals surface area contributed by atoms with Gasteiger partial charge in [0.15, 0.2) is 5.78 Å². The molecule has 2 rings (SSSR count). The molecule has 0 aliphatic rings. The van der Waals surface area contributed by atoms with Crippen molar-refractivity contribution in [2.45, 2.75) is 6.92 Å². The number of Topliss-reactive ketones (excluding diaryl/α,β-unsaturated/α-hetero) is 1. The molecule has 0 atom stereocenters. The molecule has 0 saturated carbocycles. The lowest BCUT2D eigenvalue weighted by atomic mass is 10.1. The summed E-state index contributed by atoms with van der Waals surface area (Å²) >= 11 is 0. The van der Waals surface area contributed by atoms with Crippen molar-refractivity contribution in [1.29, 1.82) is 5.26 Å². The summed E-state index contributed by atoms with van der Waals surface area (Å²) in [5.41, 5.74) is 1.69. The number of amides is 1. The molecule has 136 valence electrons. The van der Waals surface area contributed by atoms with E-state index in [4.69, 9.17) is 0 Å². The summed E-state index contributed by atoms with van der Waals surface area (Å²) < 4.78 is 4.61. The molecule has 0 spiro atoms. The van der Waals surface area contributed by atoms with Crippen LogP contribution in [0.4, 0.5) is 11.4 Å². The SMILES string of the molecule is COC(=O)c1ccc(N/C=C(/C#N)C(=O)Nc2cccc(C(C)=O)c2)cc1. The predicted octanol–water partition coefficient (Wildman–Crippen LogP) is 3.13. The summed E-state index contributed by atoms with van der Waals surface area (Å²) in [6.07, 6.45) is 1.26. The molecule has 7 heteroatoms. The second-order valence-corrected chi connectivity index (χ2v) is 5.47. The number of esters is 1. The van der Waals surface area contributed by atoms with Gasteiger partial charge in [0.2, 0.25) is 0 Å². The Balaban J connectivity index is 2.08. The zero-order valence-electron chi connectivity index (χ0n) is 14.8. The molecule has 7 nitrogen and oxygen atoms in total. The molecular weight excluding hydrogens is 346 g/mol. The van der Waals surface area contributed by atoms with E-state index < -0.39 is 11.9 Å². The van der Waals surface area contributed by atoms with Crippen LogP contribution in [0.2, 0.25) is 0 Å². The summed E-state index contributed by atoms with van der Waals surface area (Å²) in [4.78, 5) is 35.0. The number of nitrogens with zero attached hydrogens (tertiary/aromatic N) is 1. The van der Waals surface area contributed by atoms with Crippen molar-refractivity contribution >= 4 is 29.0 Å². The highest BCUT2D eigenvalue weighted by Crippen LogP contribution is 2.14. The van der Waals surface area contributed by atoms with Gasteiger partial charge in [-0.15, -0.1) is 0 Å². The van der Waals surface area contributed by atoms with E-state index in [-0.39, 0.29) is 11.4 Å². The van der Waals surface area contributed by atoms with Gasteiger partial charge in [0.05, 0.1) is 12.7 Å². The molecule has 0 saturated heterocycles. The summed E-state index contributed by atoms with van der Waals surface area (Å²) in [6.45, 7) is 1.43. The molecule has 27 heavy (non-hydrogen) atoms. The van der Waals surface area contributed by atoms with E-state index in [1.54, 1.807) is 42.5 Å². The Morgan fingerprint density at radius 3 is 2.33 bits per heavy atom. The molecule has 0 heterocycles. The molecule has 2 aromatic rings. The normalized spacial score (nSPS) is 10.5. The summed E-state index contributed by atoms with van der Waals surface area (Å²) in [5.74, 6) is -1.20. The third-order valence-electron chi connectivity index (χ3n) is 3.58. The second kappa shape index (κ2) is 8.97. The quantitative estimate of drug-likeness (QED) is 0.353. The lowest BCUT2D eigenvalue weighted by molar-refractivity contribution is -0.112. The van der Waals surface area contributed by atoms with E-state index in [0.717, 1.165) is 0 Å². The number of ketones is 1. The van der Waals surface area contributed by atoms with Crippen molar-refractivity contribution in [3.63, 3.8) is 0 Å². The highest BCUT2D eigenvalue weighted by molar-refractivity contribution is 6.07. The Bertz CT molecular complexity index is 940. The maximum Gasteiger partial charge on any atom is 0.337 e. The number of carbonyl (C=O) groups excluding carboxylic acids is 3. The topological polar surface area (TPSA) is 108 Å². The Kier molecular flexibility index (Phi) is 6.44. The average Bonchev–Trinajstić information content (AvgIpc) is 2.68. The number of hydrogen-bond donors (Lipinski definition) is 2. The first-order valence-corrected chi connectivity index (χ1v) is 7.92. The number of ether oxygens (including phenoxy) is 1. The largest absolute Gasteiger partial charge is 0.465 e. The van der Waals surface area contributed by atoms with Gasteiger partial charge in [-0.3, -0.25) is 9.59 Å². The van der Waals surface area contributed by atoms with E-state index in [9.17, 15) is 19.6 Å². The van der Waals surface area contributed by atoms with Crippen LogP contribution in [0.5, 0.6) is 0 Å². The fourth-order valence-corrected chi connectivity index (χ4v) is 2.14. The molecule has 0 aliphatic carbocycles. The number of benzene rings is 2. The lowest BCUT2D eigenvalue weighted by Gasteiger charge is -2.07. The van der Waals surface area contributed by atoms with Crippen molar-refractivity contribution in [2.75, 3.05) is 17.7 Å². The second-order valence-electron chi connectivity index (χ2n) is 5.47. The van der Waals surface area contributed by atoms with Crippen molar-refractivity contribution < 1.29 is 19.1 Å². The van der Waals surface area contributed by atoms with Crippen LogP contribution in [0.1, 0.15) is 27.6 Å². The Labute approximate surface area is 156 Å². The minimum absolute atomic E-state index is 0.126. The van der Waals surface area contributed by atoms with Gasteiger partial charge >= 0.3 is 5.97 Å². The summed E-state index contributed by atoms with van der Waals surface area (Å²) in [7, 11) is 1.29. The van der Waals surface area contributed by atoms with Crippen LogP contribution in [-0.4, -0.2) is 24.8 Å². The number of nitriles is 1. The smallest absolute Gasteiger partial charge is 0.337 e. The Morgan fingerprint density at radius 2 is 1.74 bits per heavy atom. The molecule has 0 radical (unpaired) electrons. The number of methoxy groups -OCH3 is 1. The van der Waals surface area contributed by atoms with E-state index in [2.05, 4.69) is 15.4 Å². The van der Waals surface area contributed by atoms with Gasteiger partial charge in [-0.2, -0.15) is 5.26 Å². The molecular formula is C20H17N3O4. The fourth-order valence-electron chi connectivity index (χ4n) is 2.14. The van der Waals surface area contributed by atoms with Crippen LogP contribution >= 0.6 is 0 Å². The van der Waals surface area contributed by atoms with E-state index >= 15 is 0 Å². The van der Waals surface area contributed by atoms with Crippen molar-refractivity contribution in [3.05, 3.63) is 71.4 Å². The summed E-state index contributed by atoms with van der Waals surface area (Å²) in [5, 5.41) is 14.6. The number of hydrogen-bond acceptors (Lipinski definition) is 6. The van der Waals surface area contributed by atoms with E-state index in [1.807, 2.05) is 6.07 Å². The van der Waals surface area contributed by atoms with Gasteiger partial charge in [0.1, 0.15) is 11.6 Å². The molecule has 0 fully saturated rings. The molecule has 0 aliphatic heterocycles. The zero-order valence-corrected chi connectivity index (χ0v) is 14.8. The van der Waals surface area contributed by atoms with Crippen LogP contribution in [0.25, 0.3) is 0 Å². The van der Waals surface area contributed by atoms with Crippen molar-refractivity contribution in [1.82, 2.24) is 0 Å². The molecule has 2 N–H and O–H groups in total. The van der Waals surface area contributed by atoms with Gasteiger partial charge < -0.3 is 15.4 Å². The van der Waals surface area contributed by atoms with Crippen LogP contribution in [-0.2, 0) is 9.53 Å². The molecule has 1 amide bonds. The van der Waals surface area contributed by atoms with E-state index in [0.29, 0.717) is 22.5 Å². The van der Waals surface area contributed by atoms with E-state index in [1.165, 1.54) is 26.3 Å². The molecule has 2 aromatic carbocycles. The molecule has 0 bridgehead atoms. The fraction of sp³-hybridized carbons (Fsp3) is 0.100. The Hall–Kier alpha value is -3.92. The van der Waals surface area contributed by atoms with Gasteiger partial charge in [-0.25, -0.2) is 4.79 Å². The molecule has 0 aromatic heterocycles. The predicted molar refractivity (Wildman–Crippen MR) is 100 cm³/mol. The monoisotopic (exact) mass is 363 g/mol. The highest BCUT2D eigenvalue weighted by atomic mass is 16.5. The minimum atomic E-state index is -0.614. The van der Waals surface area contributed by atoms with Crippen LogP contribution in [0, 0.1) is 11.3 Å². The standard InChI is InChI=1S/C20H17N3O4/c1-13(24)15-4-3-5-18(10-15)23-19(25)16(11-21)12-22-17-8-6-14(7-9-17)20(26)27-2/h3-10,12,22H,1-2H3,(H,23,25)/b16-12-. The third kappa shape index (κ3) is 5.28.